The Balaban J connectivity index is 1.64. The fourth-order valence-corrected chi connectivity index (χ4v) is 3.38. The Bertz CT molecular complexity index is 990. The van der Waals surface area contributed by atoms with Crippen molar-refractivity contribution in [2.75, 3.05) is 6.54 Å². The van der Waals surface area contributed by atoms with Crippen LogP contribution < -0.4 is 16.0 Å². The maximum absolute atomic E-state index is 13.0. The average molecular weight is 457 g/mol. The molecule has 0 bridgehead atoms. The minimum atomic E-state index is -1.09. The van der Waals surface area contributed by atoms with E-state index in [1.54, 1.807) is 13.8 Å². The second-order valence-corrected chi connectivity index (χ2v) is 8.04. The minimum Gasteiger partial charge on any atom is -0.445 e. The van der Waals surface area contributed by atoms with Gasteiger partial charge in [0, 0.05) is 18.2 Å². The summed E-state index contributed by atoms with van der Waals surface area (Å²) in [5, 5.41) is 15.1. The number of ketones is 1. The first-order chi connectivity index (χ1) is 15.8. The molecule has 0 saturated heterocycles. The van der Waals surface area contributed by atoms with Crippen LogP contribution in [0.1, 0.15) is 37.3 Å². The number of ether oxygens (including phenoxy) is 1. The van der Waals surface area contributed by atoms with E-state index in [-0.39, 0.29) is 25.5 Å². The van der Waals surface area contributed by atoms with Crippen LogP contribution in [-0.2, 0) is 38.6 Å². The molecule has 0 fully saturated rings. The standard InChI is InChI=1S/C22H27N5O6/c1-13(2)18(25-22(31)32-12-14-6-4-3-5-7-14)20(29)24-16-9-8-15-17(33-27-26-15)10-11-23-21(30)19(16)28/h3-7,13,16,18H,8-12H2,1-2H3,(H,23,30)(H,24,29)(H,25,31). The molecule has 2 unspecified atom stereocenters. The molecule has 1 aromatic carbocycles. The number of Topliss-reactive ketones (excluding diaryl/α,β-unsaturated/α-hetero) is 1. The first-order valence-corrected chi connectivity index (χ1v) is 10.7. The molecule has 11 heteroatoms. The summed E-state index contributed by atoms with van der Waals surface area (Å²) in [7, 11) is 0. The van der Waals surface area contributed by atoms with Crippen molar-refractivity contribution in [2.45, 2.75) is 51.8 Å². The highest BCUT2D eigenvalue weighted by Gasteiger charge is 2.32. The van der Waals surface area contributed by atoms with Crippen molar-refractivity contribution in [1.29, 1.82) is 0 Å². The first kappa shape index (κ1) is 23.9. The van der Waals surface area contributed by atoms with E-state index in [9.17, 15) is 19.2 Å². The Kier molecular flexibility index (Phi) is 8.11. The summed E-state index contributed by atoms with van der Waals surface area (Å²) in [6.45, 7) is 3.72. The number of aryl methyl sites for hydroxylation is 1. The number of alkyl carbamates (subject to hydrolysis) is 1. The van der Waals surface area contributed by atoms with E-state index in [0.717, 1.165) is 5.56 Å². The molecule has 0 radical (unpaired) electrons. The number of nitrogens with zero attached hydrogens (tertiary/aromatic N) is 2. The van der Waals surface area contributed by atoms with Crippen molar-refractivity contribution in [3.63, 3.8) is 0 Å². The number of carbonyl (C=O) groups excluding carboxylic acids is 4. The quantitative estimate of drug-likeness (QED) is 0.536. The largest absolute Gasteiger partial charge is 0.445 e. The van der Waals surface area contributed by atoms with Gasteiger partial charge in [0.25, 0.3) is 5.91 Å². The SMILES string of the molecule is CC(C)C(NC(=O)OCc1ccccc1)C(=O)NC1CCc2nnoc2CCNC(=O)C1=O. The molecule has 3 amide bonds. The van der Waals surface area contributed by atoms with Crippen molar-refractivity contribution < 1.29 is 28.4 Å². The van der Waals surface area contributed by atoms with Crippen LogP contribution in [0, 0.1) is 5.92 Å². The van der Waals surface area contributed by atoms with Gasteiger partial charge in [0.05, 0.1) is 6.04 Å². The van der Waals surface area contributed by atoms with Crippen LogP contribution >= 0.6 is 0 Å². The molecule has 2 heterocycles. The zero-order chi connectivity index (χ0) is 23.8. The number of benzene rings is 1. The van der Waals surface area contributed by atoms with Crippen LogP contribution in [0.25, 0.3) is 0 Å². The minimum absolute atomic E-state index is 0.0501. The molecule has 0 saturated carbocycles. The fourth-order valence-electron chi connectivity index (χ4n) is 3.38. The van der Waals surface area contributed by atoms with Gasteiger partial charge in [-0.1, -0.05) is 44.2 Å². The zero-order valence-corrected chi connectivity index (χ0v) is 18.5. The summed E-state index contributed by atoms with van der Waals surface area (Å²) in [4.78, 5) is 50.1. The highest BCUT2D eigenvalue weighted by molar-refractivity contribution is 6.38. The van der Waals surface area contributed by atoms with E-state index in [0.29, 0.717) is 24.3 Å². The smallest absolute Gasteiger partial charge is 0.408 e. The van der Waals surface area contributed by atoms with Gasteiger partial charge in [0.15, 0.2) is 5.76 Å². The second-order valence-electron chi connectivity index (χ2n) is 8.04. The molecule has 0 aliphatic carbocycles. The summed E-state index contributed by atoms with van der Waals surface area (Å²) >= 11 is 0. The normalized spacial score (nSPS) is 17.5. The highest BCUT2D eigenvalue weighted by Crippen LogP contribution is 2.12. The van der Waals surface area contributed by atoms with Crippen LogP contribution in [0.2, 0.25) is 0 Å². The summed E-state index contributed by atoms with van der Waals surface area (Å²) in [6, 6.07) is 7.06. The molecule has 176 valence electrons. The molecule has 2 atom stereocenters. The van der Waals surface area contributed by atoms with Crippen LogP contribution in [0.4, 0.5) is 4.79 Å². The Labute approximate surface area is 190 Å². The second kappa shape index (κ2) is 11.2. The maximum Gasteiger partial charge on any atom is 0.408 e. The van der Waals surface area contributed by atoms with Gasteiger partial charge in [0.2, 0.25) is 11.7 Å². The van der Waals surface area contributed by atoms with Crippen molar-refractivity contribution in [3.8, 4) is 0 Å². The van der Waals surface area contributed by atoms with Crippen LogP contribution in [0.15, 0.2) is 34.9 Å². The molecule has 3 N–H and O–H groups in total. The zero-order valence-electron chi connectivity index (χ0n) is 18.5. The van der Waals surface area contributed by atoms with Crippen molar-refractivity contribution in [1.82, 2.24) is 26.3 Å². The maximum atomic E-state index is 13.0. The number of carbonyl (C=O) groups is 4. The average Bonchev–Trinajstić information content (AvgIpc) is 3.25. The molecule has 3 rings (SSSR count). The number of amides is 3. The molecule has 1 aliphatic rings. The van der Waals surface area contributed by atoms with Crippen LogP contribution in [0.5, 0.6) is 0 Å². The third kappa shape index (κ3) is 6.61. The number of hydrogen-bond donors (Lipinski definition) is 3. The molecular weight excluding hydrogens is 430 g/mol. The lowest BCUT2D eigenvalue weighted by Crippen LogP contribution is -2.55. The monoisotopic (exact) mass is 457 g/mol. The first-order valence-electron chi connectivity index (χ1n) is 10.7. The van der Waals surface area contributed by atoms with Gasteiger partial charge in [-0.3, -0.25) is 14.4 Å². The van der Waals surface area contributed by atoms with Crippen LogP contribution in [-0.4, -0.2) is 52.7 Å². The number of fused-ring (bicyclic) bond motifs is 1. The Hall–Kier alpha value is -3.76. The molecule has 1 aromatic heterocycles. The van der Waals surface area contributed by atoms with Crippen LogP contribution in [0.3, 0.4) is 0 Å². The Morgan fingerprint density at radius 1 is 1.21 bits per heavy atom. The lowest BCUT2D eigenvalue weighted by molar-refractivity contribution is -0.140. The van der Waals surface area contributed by atoms with Gasteiger partial charge in [-0.05, 0) is 24.3 Å². The van der Waals surface area contributed by atoms with E-state index in [1.165, 1.54) is 0 Å². The van der Waals surface area contributed by atoms with E-state index in [1.807, 2.05) is 30.3 Å². The Morgan fingerprint density at radius 3 is 2.70 bits per heavy atom. The number of hydrogen-bond acceptors (Lipinski definition) is 8. The topological polar surface area (TPSA) is 153 Å². The Morgan fingerprint density at radius 2 is 1.97 bits per heavy atom. The van der Waals surface area contributed by atoms with E-state index in [2.05, 4.69) is 26.3 Å². The molecule has 1 aliphatic heterocycles. The van der Waals surface area contributed by atoms with Gasteiger partial charge in [0.1, 0.15) is 18.3 Å². The van der Waals surface area contributed by atoms with Crippen molar-refractivity contribution in [2.24, 2.45) is 5.92 Å². The van der Waals surface area contributed by atoms with Gasteiger partial charge in [-0.25, -0.2) is 4.79 Å². The molecular formula is C22H27N5O6. The number of rotatable bonds is 6. The highest BCUT2D eigenvalue weighted by atomic mass is 16.5. The summed E-state index contributed by atoms with van der Waals surface area (Å²) in [6.07, 6.45) is 0.0218. The third-order valence-corrected chi connectivity index (χ3v) is 5.23. The van der Waals surface area contributed by atoms with Crippen molar-refractivity contribution >= 4 is 23.7 Å². The van der Waals surface area contributed by atoms with E-state index >= 15 is 0 Å². The third-order valence-electron chi connectivity index (χ3n) is 5.23. The lowest BCUT2D eigenvalue weighted by atomic mass is 9.99. The summed E-state index contributed by atoms with van der Waals surface area (Å²) in [5.74, 6) is -1.94. The number of nitrogens with one attached hydrogen (secondary N) is 3. The van der Waals surface area contributed by atoms with E-state index in [4.69, 9.17) is 9.26 Å². The van der Waals surface area contributed by atoms with E-state index < -0.39 is 35.8 Å². The van der Waals surface area contributed by atoms with Gasteiger partial charge >= 0.3 is 6.09 Å². The molecule has 33 heavy (non-hydrogen) atoms. The fraction of sp³-hybridized carbons (Fsp3) is 0.455. The predicted molar refractivity (Wildman–Crippen MR) is 115 cm³/mol. The van der Waals surface area contributed by atoms with Gasteiger partial charge < -0.3 is 25.2 Å². The summed E-state index contributed by atoms with van der Waals surface area (Å²) < 4.78 is 10.3. The predicted octanol–water partition coefficient (Wildman–Crippen LogP) is 0.679. The van der Waals surface area contributed by atoms with Gasteiger partial charge in [-0.15, -0.1) is 5.10 Å². The van der Waals surface area contributed by atoms with Crippen molar-refractivity contribution in [3.05, 3.63) is 47.3 Å². The van der Waals surface area contributed by atoms with Gasteiger partial charge in [-0.2, -0.15) is 0 Å². The summed E-state index contributed by atoms with van der Waals surface area (Å²) in [5.41, 5.74) is 1.37. The molecule has 2 aromatic rings. The molecule has 0 spiro atoms. The molecule has 11 nitrogen and oxygen atoms in total. The number of aromatic nitrogens is 2. The lowest BCUT2D eigenvalue weighted by Gasteiger charge is -2.25.